The number of carboxylic acid groups (broad SMARTS) is 1. The first kappa shape index (κ1) is 32.8. The van der Waals surface area contributed by atoms with E-state index >= 15 is 0 Å². The van der Waals surface area contributed by atoms with Crippen LogP contribution < -0.4 is 5.32 Å². The molecule has 0 saturated heterocycles. The molecule has 1 amide bonds. The van der Waals surface area contributed by atoms with Gasteiger partial charge < -0.3 is 25.3 Å². The average Bonchev–Trinajstić information content (AvgIpc) is 3.56. The molecule has 11 heteroatoms. The number of benzene rings is 1. The molecule has 6 rings (SSSR count). The van der Waals surface area contributed by atoms with Gasteiger partial charge in [0.1, 0.15) is 17.4 Å². The average molecular weight is 647 g/mol. The Balaban J connectivity index is 1.03. The number of aromatic nitrogens is 1. The van der Waals surface area contributed by atoms with Crippen LogP contribution in [0.2, 0.25) is 0 Å². The van der Waals surface area contributed by atoms with Crippen LogP contribution in [0.1, 0.15) is 77.2 Å². The summed E-state index contributed by atoms with van der Waals surface area (Å²) in [6.07, 6.45) is 6.00. The van der Waals surface area contributed by atoms with Gasteiger partial charge in [0.15, 0.2) is 12.4 Å². The Bertz CT molecular complexity index is 1690. The molecule has 0 aliphatic heterocycles. The summed E-state index contributed by atoms with van der Waals surface area (Å²) in [6, 6.07) is 6.20. The second kappa shape index (κ2) is 12.2. The molecule has 250 valence electrons. The molecule has 1 aromatic carbocycles. The Labute approximate surface area is 272 Å². The highest BCUT2D eigenvalue weighted by molar-refractivity contribution is 5.95. The van der Waals surface area contributed by atoms with Gasteiger partial charge >= 0.3 is 11.9 Å². The monoisotopic (exact) mass is 646 g/mol. The van der Waals surface area contributed by atoms with E-state index < -0.39 is 47.3 Å². The highest BCUT2D eigenvalue weighted by atomic mass is 16.5. The van der Waals surface area contributed by atoms with Gasteiger partial charge in [0.05, 0.1) is 6.42 Å². The fraction of sp³-hybridized carbons (Fsp3) is 0.556. The number of hydrogen-bond acceptors (Lipinski definition) is 8. The minimum atomic E-state index is -1.84. The first-order valence-corrected chi connectivity index (χ1v) is 16.5. The van der Waals surface area contributed by atoms with Gasteiger partial charge in [0.2, 0.25) is 11.7 Å². The predicted octanol–water partition coefficient (Wildman–Crippen LogP) is 3.61. The zero-order valence-electron chi connectivity index (χ0n) is 26.8. The zero-order chi connectivity index (χ0) is 33.7. The number of aliphatic carboxylic acids is 1. The van der Waals surface area contributed by atoms with Gasteiger partial charge in [-0.3, -0.25) is 24.0 Å². The summed E-state index contributed by atoms with van der Waals surface area (Å²) in [7, 11) is 0. The Hall–Kier alpha value is -4.12. The molecular formula is C36H42N2O9. The molecule has 0 unspecified atom stereocenters. The smallest absolute Gasteiger partial charge is 0.326 e. The first-order chi connectivity index (χ1) is 22.3. The lowest BCUT2D eigenvalue weighted by Gasteiger charge is -2.57. The molecule has 1 aromatic heterocycles. The number of Topliss-reactive ketones (excluding diaryl/α,β-unsaturated/α-hetero) is 2. The lowest BCUT2D eigenvalue weighted by Crippen LogP contribution is -2.61. The van der Waals surface area contributed by atoms with Crippen LogP contribution in [-0.4, -0.2) is 68.6 Å². The van der Waals surface area contributed by atoms with Gasteiger partial charge in [-0.25, -0.2) is 4.79 Å². The Morgan fingerprint density at radius 3 is 2.60 bits per heavy atom. The second-order valence-electron chi connectivity index (χ2n) is 14.4. The maximum atomic E-state index is 13.8. The van der Waals surface area contributed by atoms with E-state index in [1.54, 1.807) is 19.2 Å². The third kappa shape index (κ3) is 5.62. The minimum absolute atomic E-state index is 0.00918. The van der Waals surface area contributed by atoms with Crippen LogP contribution in [-0.2, 0) is 39.9 Å². The third-order valence-corrected chi connectivity index (χ3v) is 11.9. The molecule has 0 radical (unpaired) electrons. The molecule has 4 N–H and O–H groups in total. The summed E-state index contributed by atoms with van der Waals surface area (Å²) in [4.78, 5) is 79.5. The number of carbonyl (C=O) groups excluding carboxylic acids is 5. The number of ketones is 3. The normalized spacial score (nSPS) is 32.1. The van der Waals surface area contributed by atoms with E-state index in [4.69, 9.17) is 4.74 Å². The predicted molar refractivity (Wildman–Crippen MR) is 169 cm³/mol. The summed E-state index contributed by atoms with van der Waals surface area (Å²) in [5, 5.41) is 24.8. The number of fused-ring (bicyclic) bond motifs is 6. The highest BCUT2D eigenvalue weighted by Gasteiger charge is 2.68. The maximum absolute atomic E-state index is 13.8. The van der Waals surface area contributed by atoms with E-state index in [1.807, 2.05) is 24.3 Å². The molecule has 3 saturated carbocycles. The van der Waals surface area contributed by atoms with E-state index in [2.05, 4.69) is 17.2 Å². The van der Waals surface area contributed by atoms with Gasteiger partial charge in [-0.05, 0) is 67.1 Å². The molecule has 2 aromatic rings. The number of carboxylic acids is 1. The molecule has 0 spiro atoms. The Morgan fingerprint density at radius 1 is 1.06 bits per heavy atom. The van der Waals surface area contributed by atoms with Crippen molar-refractivity contribution in [2.75, 3.05) is 6.61 Å². The standard InChI is InChI=1S/C36H42N2O9/c1-34-13-11-22(39)16-21(34)7-8-24-25-12-14-36(46,35(25,2)17-28(40)32(24)34)29(41)19-47-31(43)10-9-30(42)38-27(33(44)45)15-20-18-37-26-6-4-3-5-23(20)26/h3-6,16,18,24-25,27,32,37,46H,7-15,17,19H2,1-2H3,(H,38,42)(H,44,45)/t24-,25-,27-,32+,34-,35-,36-/m0/s1. The van der Waals surface area contributed by atoms with Crippen LogP contribution in [0.15, 0.2) is 42.1 Å². The number of nitrogens with one attached hydrogen (secondary N) is 2. The van der Waals surface area contributed by atoms with Crippen molar-refractivity contribution in [3.05, 3.63) is 47.7 Å². The molecule has 47 heavy (non-hydrogen) atoms. The van der Waals surface area contributed by atoms with Gasteiger partial charge in [-0.15, -0.1) is 0 Å². The summed E-state index contributed by atoms with van der Waals surface area (Å²) < 4.78 is 5.20. The van der Waals surface area contributed by atoms with Crippen LogP contribution in [0.25, 0.3) is 10.9 Å². The molecule has 3 fully saturated rings. The minimum Gasteiger partial charge on any atom is -0.480 e. The van der Waals surface area contributed by atoms with Gasteiger partial charge in [-0.2, -0.15) is 0 Å². The zero-order valence-corrected chi connectivity index (χ0v) is 26.8. The van der Waals surface area contributed by atoms with Crippen molar-refractivity contribution >= 4 is 46.1 Å². The fourth-order valence-electron chi connectivity index (χ4n) is 9.39. The second-order valence-corrected chi connectivity index (χ2v) is 14.4. The summed E-state index contributed by atoms with van der Waals surface area (Å²) in [5.74, 6) is -3.57. The van der Waals surface area contributed by atoms with E-state index in [-0.39, 0.29) is 66.8 Å². The number of para-hydroxylation sites is 1. The number of aliphatic hydroxyl groups is 1. The summed E-state index contributed by atoms with van der Waals surface area (Å²) in [6.45, 7) is 3.20. The Morgan fingerprint density at radius 2 is 1.83 bits per heavy atom. The van der Waals surface area contributed by atoms with E-state index in [1.165, 1.54) is 0 Å². The van der Waals surface area contributed by atoms with Crippen LogP contribution >= 0.6 is 0 Å². The Kier molecular flexibility index (Phi) is 8.48. The van der Waals surface area contributed by atoms with Gasteiger partial charge in [0.25, 0.3) is 0 Å². The highest BCUT2D eigenvalue weighted by Crippen LogP contribution is 2.66. The van der Waals surface area contributed by atoms with Gasteiger partial charge in [-0.1, -0.05) is 37.6 Å². The lowest BCUT2D eigenvalue weighted by atomic mass is 9.46. The number of carbonyl (C=O) groups is 6. The topological polar surface area (TPSA) is 180 Å². The van der Waals surface area contributed by atoms with Crippen LogP contribution in [0.5, 0.6) is 0 Å². The first-order valence-electron chi connectivity index (χ1n) is 16.5. The van der Waals surface area contributed by atoms with E-state index in [9.17, 15) is 39.0 Å². The van der Waals surface area contributed by atoms with Crippen molar-refractivity contribution in [2.45, 2.75) is 89.7 Å². The maximum Gasteiger partial charge on any atom is 0.326 e. The molecule has 1 heterocycles. The van der Waals surface area contributed by atoms with E-state index in [0.717, 1.165) is 34.9 Å². The molecule has 4 aliphatic rings. The van der Waals surface area contributed by atoms with Crippen molar-refractivity contribution in [1.82, 2.24) is 10.3 Å². The number of esters is 1. The lowest BCUT2D eigenvalue weighted by molar-refractivity contribution is -0.173. The number of amides is 1. The molecule has 7 atom stereocenters. The van der Waals surface area contributed by atoms with Crippen molar-refractivity contribution in [3.63, 3.8) is 0 Å². The van der Waals surface area contributed by atoms with E-state index in [0.29, 0.717) is 19.3 Å². The number of rotatable bonds is 10. The van der Waals surface area contributed by atoms with Gasteiger partial charge in [0, 0.05) is 54.1 Å². The van der Waals surface area contributed by atoms with Crippen LogP contribution in [0.3, 0.4) is 0 Å². The largest absolute Gasteiger partial charge is 0.480 e. The molecular weight excluding hydrogens is 604 g/mol. The quantitative estimate of drug-likeness (QED) is 0.281. The number of H-pyrrole nitrogens is 1. The summed E-state index contributed by atoms with van der Waals surface area (Å²) >= 11 is 0. The summed E-state index contributed by atoms with van der Waals surface area (Å²) in [5.41, 5.74) is -0.613. The number of aromatic amines is 1. The van der Waals surface area contributed by atoms with Crippen molar-refractivity contribution < 1.29 is 43.7 Å². The SMILES string of the molecule is C[C@]12CCC(=O)C=C1CC[C@@H]1[C@@H]2C(=O)C[C@@]2(C)[C@H]1CC[C@]2(O)C(=O)COC(=O)CCC(=O)N[C@@H](Cc1c[nH]c2ccccc12)C(=O)O. The van der Waals surface area contributed by atoms with Crippen LogP contribution in [0.4, 0.5) is 0 Å². The fourth-order valence-corrected chi connectivity index (χ4v) is 9.39. The molecule has 4 aliphatic carbocycles. The number of allylic oxidation sites excluding steroid dienone is 1. The van der Waals surface area contributed by atoms with Crippen molar-refractivity contribution in [2.24, 2.45) is 28.6 Å². The molecule has 0 bridgehead atoms. The van der Waals surface area contributed by atoms with Crippen molar-refractivity contribution in [1.29, 1.82) is 0 Å². The third-order valence-electron chi connectivity index (χ3n) is 11.9. The van der Waals surface area contributed by atoms with Crippen LogP contribution in [0, 0.1) is 28.6 Å². The van der Waals surface area contributed by atoms with Crippen molar-refractivity contribution in [3.8, 4) is 0 Å². The number of hydrogen-bond donors (Lipinski definition) is 4. The molecule has 11 nitrogen and oxygen atoms in total. The number of ether oxygens (including phenoxy) is 1.